The van der Waals surface area contributed by atoms with Gasteiger partial charge in [-0.15, -0.1) is 0 Å². The summed E-state index contributed by atoms with van der Waals surface area (Å²) in [5, 5.41) is 7.31. The van der Waals surface area contributed by atoms with Gasteiger partial charge in [-0.1, -0.05) is 11.6 Å². The highest BCUT2D eigenvalue weighted by atomic mass is 35.5. The fourth-order valence-corrected chi connectivity index (χ4v) is 1.64. The number of H-pyrrole nitrogens is 1. The standard InChI is InChI=1S/C8H10ClN3O/c1-5-7(9)8(11-10-5)12-4-2-3-6(12)13/h2-4H2,1H3,(H,10,11). The Hall–Kier alpha value is -1.03. The van der Waals surface area contributed by atoms with E-state index >= 15 is 0 Å². The van der Waals surface area contributed by atoms with E-state index in [0.29, 0.717) is 17.3 Å². The molecule has 1 aliphatic rings. The van der Waals surface area contributed by atoms with Crippen molar-refractivity contribution < 1.29 is 4.79 Å². The van der Waals surface area contributed by atoms with Gasteiger partial charge in [-0.2, -0.15) is 5.10 Å². The van der Waals surface area contributed by atoms with Gasteiger partial charge in [0.15, 0.2) is 5.82 Å². The van der Waals surface area contributed by atoms with Gasteiger partial charge in [0.2, 0.25) is 5.91 Å². The quantitative estimate of drug-likeness (QED) is 0.745. The van der Waals surface area contributed by atoms with Crippen molar-refractivity contribution in [2.75, 3.05) is 11.4 Å². The van der Waals surface area contributed by atoms with Crippen LogP contribution in [0.1, 0.15) is 18.5 Å². The van der Waals surface area contributed by atoms with E-state index in [2.05, 4.69) is 10.2 Å². The molecule has 0 atom stereocenters. The molecule has 2 heterocycles. The van der Waals surface area contributed by atoms with Crippen LogP contribution in [0.3, 0.4) is 0 Å². The summed E-state index contributed by atoms with van der Waals surface area (Å²) in [5.41, 5.74) is 0.802. The van der Waals surface area contributed by atoms with Crippen LogP contribution >= 0.6 is 11.6 Å². The fraction of sp³-hybridized carbons (Fsp3) is 0.500. The molecule has 4 nitrogen and oxygen atoms in total. The van der Waals surface area contributed by atoms with Gasteiger partial charge in [0.05, 0.1) is 5.69 Å². The average Bonchev–Trinajstić information content (AvgIpc) is 2.62. The number of aromatic amines is 1. The fourth-order valence-electron chi connectivity index (χ4n) is 1.45. The molecule has 70 valence electrons. The van der Waals surface area contributed by atoms with Crippen molar-refractivity contribution in [1.82, 2.24) is 10.2 Å². The summed E-state index contributed by atoms with van der Waals surface area (Å²) in [5.74, 6) is 0.676. The molecule has 2 rings (SSSR count). The smallest absolute Gasteiger partial charge is 0.228 e. The lowest BCUT2D eigenvalue weighted by Gasteiger charge is -2.11. The molecular formula is C8H10ClN3O. The second kappa shape index (κ2) is 3.03. The summed E-state index contributed by atoms with van der Waals surface area (Å²) in [6.07, 6.45) is 1.49. The van der Waals surface area contributed by atoms with Gasteiger partial charge in [0.1, 0.15) is 5.02 Å². The number of nitrogens with zero attached hydrogens (tertiary/aromatic N) is 2. The Bertz CT molecular complexity index is 347. The third-order valence-corrected chi connectivity index (χ3v) is 2.64. The Morgan fingerprint density at radius 1 is 1.62 bits per heavy atom. The van der Waals surface area contributed by atoms with Gasteiger partial charge in [-0.3, -0.25) is 14.8 Å². The normalized spacial score (nSPS) is 17.1. The Morgan fingerprint density at radius 2 is 2.38 bits per heavy atom. The number of hydrogen-bond donors (Lipinski definition) is 1. The molecule has 1 aromatic heterocycles. The van der Waals surface area contributed by atoms with Crippen molar-refractivity contribution in [2.24, 2.45) is 0 Å². The first-order valence-corrected chi connectivity index (χ1v) is 4.59. The molecule has 0 aliphatic carbocycles. The number of carbonyl (C=O) groups excluding carboxylic acids is 1. The maximum Gasteiger partial charge on any atom is 0.228 e. The molecule has 0 radical (unpaired) electrons. The van der Waals surface area contributed by atoms with E-state index in [1.807, 2.05) is 6.92 Å². The number of amides is 1. The summed E-state index contributed by atoms with van der Waals surface area (Å²) < 4.78 is 0. The number of aryl methyl sites for hydroxylation is 1. The van der Waals surface area contributed by atoms with Gasteiger partial charge in [0, 0.05) is 13.0 Å². The molecule has 0 spiro atoms. The maximum absolute atomic E-state index is 11.3. The number of hydrogen-bond acceptors (Lipinski definition) is 2. The SMILES string of the molecule is Cc1[nH]nc(N2CCCC2=O)c1Cl. The van der Waals surface area contributed by atoms with Crippen LogP contribution in [0.5, 0.6) is 0 Å². The van der Waals surface area contributed by atoms with E-state index < -0.39 is 0 Å². The number of rotatable bonds is 1. The minimum atomic E-state index is 0.105. The van der Waals surface area contributed by atoms with Crippen LogP contribution in [-0.2, 0) is 4.79 Å². The molecule has 1 aromatic rings. The molecule has 1 fully saturated rings. The van der Waals surface area contributed by atoms with Crippen molar-refractivity contribution in [1.29, 1.82) is 0 Å². The number of carbonyl (C=O) groups is 1. The highest BCUT2D eigenvalue weighted by molar-refractivity contribution is 6.34. The Labute approximate surface area is 80.9 Å². The first-order chi connectivity index (χ1) is 6.20. The zero-order valence-electron chi connectivity index (χ0n) is 7.30. The zero-order valence-corrected chi connectivity index (χ0v) is 8.06. The van der Waals surface area contributed by atoms with Crippen LogP contribution in [0.15, 0.2) is 0 Å². The molecule has 1 N–H and O–H groups in total. The van der Waals surface area contributed by atoms with Crippen molar-refractivity contribution >= 4 is 23.3 Å². The number of anilines is 1. The molecule has 0 saturated carbocycles. The number of halogens is 1. The summed E-state index contributed by atoms with van der Waals surface area (Å²) in [7, 11) is 0. The summed E-state index contributed by atoms with van der Waals surface area (Å²) >= 11 is 5.97. The van der Waals surface area contributed by atoms with E-state index in [1.165, 1.54) is 0 Å². The van der Waals surface area contributed by atoms with Crippen LogP contribution in [0.2, 0.25) is 5.02 Å². The van der Waals surface area contributed by atoms with Crippen LogP contribution in [0, 0.1) is 6.92 Å². The van der Waals surface area contributed by atoms with Crippen molar-refractivity contribution in [3.05, 3.63) is 10.7 Å². The van der Waals surface area contributed by atoms with Crippen LogP contribution < -0.4 is 4.90 Å². The lowest BCUT2D eigenvalue weighted by atomic mass is 10.4. The largest absolute Gasteiger partial charge is 0.294 e. The lowest BCUT2D eigenvalue weighted by molar-refractivity contribution is -0.117. The Morgan fingerprint density at radius 3 is 2.85 bits per heavy atom. The molecular weight excluding hydrogens is 190 g/mol. The van der Waals surface area contributed by atoms with E-state index in [0.717, 1.165) is 18.7 Å². The third-order valence-electron chi connectivity index (χ3n) is 2.18. The number of aromatic nitrogens is 2. The predicted octanol–water partition coefficient (Wildman–Crippen LogP) is 1.50. The van der Waals surface area contributed by atoms with Gasteiger partial charge >= 0.3 is 0 Å². The molecule has 13 heavy (non-hydrogen) atoms. The third kappa shape index (κ3) is 1.31. The monoisotopic (exact) mass is 199 g/mol. The molecule has 5 heteroatoms. The van der Waals surface area contributed by atoms with Crippen molar-refractivity contribution in [3.8, 4) is 0 Å². The predicted molar refractivity (Wildman–Crippen MR) is 49.9 cm³/mol. The van der Waals surface area contributed by atoms with Crippen molar-refractivity contribution in [2.45, 2.75) is 19.8 Å². The highest BCUT2D eigenvalue weighted by Gasteiger charge is 2.26. The van der Waals surface area contributed by atoms with Crippen molar-refractivity contribution in [3.63, 3.8) is 0 Å². The van der Waals surface area contributed by atoms with Gasteiger partial charge in [-0.05, 0) is 13.3 Å². The van der Waals surface area contributed by atoms with Crippen LogP contribution in [0.4, 0.5) is 5.82 Å². The maximum atomic E-state index is 11.3. The first-order valence-electron chi connectivity index (χ1n) is 4.21. The first kappa shape index (κ1) is 8.56. The minimum Gasteiger partial charge on any atom is -0.294 e. The van der Waals surface area contributed by atoms with Crippen LogP contribution in [-0.4, -0.2) is 22.6 Å². The minimum absolute atomic E-state index is 0.105. The van der Waals surface area contributed by atoms with E-state index in [-0.39, 0.29) is 5.91 Å². The van der Waals surface area contributed by atoms with E-state index in [9.17, 15) is 4.79 Å². The highest BCUT2D eigenvalue weighted by Crippen LogP contribution is 2.28. The Kier molecular flexibility index (Phi) is 2.00. The molecule has 0 aromatic carbocycles. The lowest BCUT2D eigenvalue weighted by Crippen LogP contribution is -2.24. The number of nitrogens with one attached hydrogen (secondary N) is 1. The average molecular weight is 200 g/mol. The van der Waals surface area contributed by atoms with Crippen LogP contribution in [0.25, 0.3) is 0 Å². The second-order valence-electron chi connectivity index (χ2n) is 3.14. The van der Waals surface area contributed by atoms with E-state index in [4.69, 9.17) is 11.6 Å². The second-order valence-corrected chi connectivity index (χ2v) is 3.51. The molecule has 1 aliphatic heterocycles. The summed E-state index contributed by atoms with van der Waals surface area (Å²) in [6.45, 7) is 2.56. The molecule has 0 bridgehead atoms. The zero-order chi connectivity index (χ0) is 9.42. The van der Waals surface area contributed by atoms with Gasteiger partial charge in [-0.25, -0.2) is 0 Å². The molecule has 1 saturated heterocycles. The van der Waals surface area contributed by atoms with E-state index in [1.54, 1.807) is 4.90 Å². The Balaban J connectivity index is 2.34. The molecule has 1 amide bonds. The topological polar surface area (TPSA) is 49.0 Å². The van der Waals surface area contributed by atoms with Gasteiger partial charge in [0.25, 0.3) is 0 Å². The molecule has 0 unspecified atom stereocenters. The van der Waals surface area contributed by atoms with Gasteiger partial charge < -0.3 is 0 Å². The summed E-state index contributed by atoms with van der Waals surface area (Å²) in [6, 6.07) is 0. The summed E-state index contributed by atoms with van der Waals surface area (Å²) in [4.78, 5) is 13.0.